The van der Waals surface area contributed by atoms with Gasteiger partial charge in [-0.25, -0.2) is 0 Å². The lowest BCUT2D eigenvalue weighted by Crippen LogP contribution is -2.49. The number of aliphatic hydroxyl groups is 1. The normalized spacial score (nSPS) is 15.3. The minimum absolute atomic E-state index is 0.0758. The third-order valence-corrected chi connectivity index (χ3v) is 7.92. The summed E-state index contributed by atoms with van der Waals surface area (Å²) in [5, 5.41) is 25.5. The predicted molar refractivity (Wildman–Crippen MR) is 158 cm³/mol. The molecule has 214 valence electrons. The van der Waals surface area contributed by atoms with Gasteiger partial charge in [-0.3, -0.25) is 19.0 Å². The second-order valence-corrected chi connectivity index (χ2v) is 10.9. The predicted octanol–water partition coefficient (Wildman–Crippen LogP) is 5.01. The first-order chi connectivity index (χ1) is 19.8. The molecular formula is C32H38N6O3. The van der Waals surface area contributed by atoms with Crippen LogP contribution < -0.4 is 10.6 Å². The Hall–Kier alpha value is -4.24. The van der Waals surface area contributed by atoms with Gasteiger partial charge in [0.25, 0.3) is 5.91 Å². The van der Waals surface area contributed by atoms with Crippen molar-refractivity contribution in [1.82, 2.24) is 24.9 Å². The van der Waals surface area contributed by atoms with Crippen LogP contribution in [0, 0.1) is 12.8 Å². The highest BCUT2D eigenvalue weighted by molar-refractivity contribution is 6.00. The van der Waals surface area contributed by atoms with Crippen molar-refractivity contribution in [1.29, 1.82) is 0 Å². The van der Waals surface area contributed by atoms with Gasteiger partial charge in [0.1, 0.15) is 11.7 Å². The van der Waals surface area contributed by atoms with Gasteiger partial charge >= 0.3 is 0 Å². The highest BCUT2D eigenvalue weighted by Gasteiger charge is 2.32. The molecule has 9 heteroatoms. The van der Waals surface area contributed by atoms with Gasteiger partial charge < -0.3 is 15.7 Å². The third kappa shape index (κ3) is 6.41. The maximum Gasteiger partial charge on any atom is 0.270 e. The fourth-order valence-corrected chi connectivity index (χ4v) is 5.87. The lowest BCUT2D eigenvalue weighted by molar-refractivity contribution is -0.119. The number of aryl methyl sites for hydroxylation is 2. The number of hydrogen-bond acceptors (Lipinski definition) is 5. The molecule has 4 aromatic rings. The van der Waals surface area contributed by atoms with E-state index in [1.807, 2.05) is 66.2 Å². The van der Waals surface area contributed by atoms with Crippen LogP contribution >= 0.6 is 0 Å². The van der Waals surface area contributed by atoms with Gasteiger partial charge in [0.2, 0.25) is 5.91 Å². The summed E-state index contributed by atoms with van der Waals surface area (Å²) in [7, 11) is 1.71. The lowest BCUT2D eigenvalue weighted by Gasteiger charge is -2.30. The Kier molecular flexibility index (Phi) is 8.64. The average molecular weight is 555 g/mol. The largest absolute Gasteiger partial charge is 0.387 e. The quantitative estimate of drug-likeness (QED) is 0.269. The first-order valence-electron chi connectivity index (χ1n) is 14.3. The van der Waals surface area contributed by atoms with E-state index >= 15 is 0 Å². The Morgan fingerprint density at radius 3 is 2.37 bits per heavy atom. The van der Waals surface area contributed by atoms with Crippen LogP contribution in [0.15, 0.2) is 66.9 Å². The monoisotopic (exact) mass is 554 g/mol. The maximum absolute atomic E-state index is 13.5. The molecule has 1 saturated carbocycles. The van der Waals surface area contributed by atoms with Crippen LogP contribution in [0.1, 0.15) is 72.6 Å². The van der Waals surface area contributed by atoms with Crippen LogP contribution in [0.5, 0.6) is 0 Å². The van der Waals surface area contributed by atoms with E-state index < -0.39 is 12.1 Å². The van der Waals surface area contributed by atoms with Crippen LogP contribution in [-0.2, 0) is 18.4 Å². The SMILES string of the molecule is Cc1nn(Cc2ccccc2)c(C(C)O)c1-c1ccc(NC(=O)C(NC(=O)c2ccnn2C)C2CCCCC2)cc1. The van der Waals surface area contributed by atoms with Gasteiger partial charge in [-0.1, -0.05) is 61.7 Å². The molecule has 1 aliphatic carbocycles. The van der Waals surface area contributed by atoms with Crippen LogP contribution in [0.4, 0.5) is 5.69 Å². The van der Waals surface area contributed by atoms with Gasteiger partial charge in [0.05, 0.1) is 24.0 Å². The zero-order chi connectivity index (χ0) is 28.9. The summed E-state index contributed by atoms with van der Waals surface area (Å²) < 4.78 is 3.37. The molecule has 5 rings (SSSR count). The van der Waals surface area contributed by atoms with E-state index in [0.29, 0.717) is 17.9 Å². The molecule has 2 aromatic heterocycles. The molecule has 0 spiro atoms. The molecule has 2 aromatic carbocycles. The first kappa shape index (κ1) is 28.3. The number of aliphatic hydroxyl groups excluding tert-OH is 1. The molecule has 41 heavy (non-hydrogen) atoms. The summed E-state index contributed by atoms with van der Waals surface area (Å²) in [6, 6.07) is 18.6. The highest BCUT2D eigenvalue weighted by Crippen LogP contribution is 2.33. The van der Waals surface area contributed by atoms with Gasteiger partial charge in [-0.15, -0.1) is 0 Å². The van der Waals surface area contributed by atoms with E-state index in [-0.39, 0.29) is 17.7 Å². The molecule has 3 N–H and O–H groups in total. The van der Waals surface area contributed by atoms with E-state index in [0.717, 1.165) is 60.2 Å². The summed E-state index contributed by atoms with van der Waals surface area (Å²) in [6.45, 7) is 4.25. The number of amides is 2. The molecule has 2 atom stereocenters. The number of nitrogens with zero attached hydrogens (tertiary/aromatic N) is 4. The summed E-state index contributed by atoms with van der Waals surface area (Å²) in [4.78, 5) is 26.5. The Bertz CT molecular complexity index is 1480. The van der Waals surface area contributed by atoms with Crippen molar-refractivity contribution in [3.63, 3.8) is 0 Å². The average Bonchev–Trinajstić information content (AvgIpc) is 3.55. The van der Waals surface area contributed by atoms with E-state index in [1.165, 1.54) is 4.68 Å². The van der Waals surface area contributed by atoms with Gasteiger partial charge in [0, 0.05) is 24.5 Å². The molecule has 0 bridgehead atoms. The number of aromatic nitrogens is 4. The van der Waals surface area contributed by atoms with E-state index in [4.69, 9.17) is 5.10 Å². The number of carbonyl (C=O) groups excluding carboxylic acids is 2. The zero-order valence-corrected chi connectivity index (χ0v) is 23.9. The van der Waals surface area contributed by atoms with Crippen molar-refractivity contribution in [3.05, 3.63) is 89.5 Å². The molecule has 2 unspecified atom stereocenters. The molecule has 2 heterocycles. The number of nitrogens with one attached hydrogen (secondary N) is 2. The Morgan fingerprint density at radius 1 is 1.02 bits per heavy atom. The summed E-state index contributed by atoms with van der Waals surface area (Å²) in [6.07, 6.45) is 5.91. The Balaban J connectivity index is 1.35. The minimum atomic E-state index is -0.714. The fraction of sp³-hybridized carbons (Fsp3) is 0.375. The number of anilines is 1. The topological polar surface area (TPSA) is 114 Å². The van der Waals surface area contributed by atoms with Gasteiger partial charge in [-0.05, 0) is 61.9 Å². The van der Waals surface area contributed by atoms with Crippen molar-refractivity contribution in [2.24, 2.45) is 13.0 Å². The highest BCUT2D eigenvalue weighted by atomic mass is 16.3. The lowest BCUT2D eigenvalue weighted by atomic mass is 9.83. The second kappa shape index (κ2) is 12.5. The van der Waals surface area contributed by atoms with Crippen molar-refractivity contribution in [2.75, 3.05) is 5.32 Å². The Labute approximate surface area is 240 Å². The summed E-state index contributed by atoms with van der Waals surface area (Å²) in [5.74, 6) is -0.455. The summed E-state index contributed by atoms with van der Waals surface area (Å²) in [5.41, 5.74) is 5.52. The van der Waals surface area contributed by atoms with Crippen molar-refractivity contribution < 1.29 is 14.7 Å². The molecule has 2 amide bonds. The van der Waals surface area contributed by atoms with Gasteiger partial charge in [0.15, 0.2) is 0 Å². The molecule has 9 nitrogen and oxygen atoms in total. The molecule has 0 radical (unpaired) electrons. The van der Waals surface area contributed by atoms with Crippen LogP contribution in [-0.4, -0.2) is 42.5 Å². The molecular weight excluding hydrogens is 516 g/mol. The van der Waals surface area contributed by atoms with Crippen molar-refractivity contribution >= 4 is 17.5 Å². The first-order valence-corrected chi connectivity index (χ1v) is 14.3. The van der Waals surface area contributed by atoms with Crippen molar-refractivity contribution in [2.45, 2.75) is 64.6 Å². The van der Waals surface area contributed by atoms with Crippen LogP contribution in [0.25, 0.3) is 11.1 Å². The summed E-state index contributed by atoms with van der Waals surface area (Å²) >= 11 is 0. The van der Waals surface area contributed by atoms with E-state index in [1.54, 1.807) is 26.2 Å². The Morgan fingerprint density at radius 2 is 1.73 bits per heavy atom. The maximum atomic E-state index is 13.5. The van der Waals surface area contributed by atoms with Crippen LogP contribution in [0.3, 0.4) is 0 Å². The second-order valence-electron chi connectivity index (χ2n) is 10.9. The smallest absolute Gasteiger partial charge is 0.270 e. The number of benzene rings is 2. The van der Waals surface area contributed by atoms with Gasteiger partial charge in [-0.2, -0.15) is 10.2 Å². The van der Waals surface area contributed by atoms with E-state index in [9.17, 15) is 14.7 Å². The fourth-order valence-electron chi connectivity index (χ4n) is 5.87. The van der Waals surface area contributed by atoms with E-state index in [2.05, 4.69) is 15.7 Å². The molecule has 1 fully saturated rings. The molecule has 0 saturated heterocycles. The molecule has 0 aliphatic heterocycles. The third-order valence-electron chi connectivity index (χ3n) is 7.92. The number of carbonyl (C=O) groups is 2. The zero-order valence-electron chi connectivity index (χ0n) is 23.9. The standard InChI is InChI=1S/C32H38N6O3/c1-21-28(30(22(2)39)38(36-21)20-23-10-6-4-7-11-23)24-14-16-26(17-15-24)34-32(41)29(25-12-8-5-9-13-25)35-31(40)27-18-19-33-37(27)3/h4,6-7,10-11,14-19,22,25,29,39H,5,8-9,12-13,20H2,1-3H3,(H,34,41)(H,35,40). The van der Waals surface area contributed by atoms with Crippen LogP contribution in [0.2, 0.25) is 0 Å². The number of rotatable bonds is 9. The molecule has 1 aliphatic rings. The number of hydrogen-bond donors (Lipinski definition) is 3. The van der Waals surface area contributed by atoms with Crippen molar-refractivity contribution in [3.8, 4) is 11.1 Å². The minimum Gasteiger partial charge on any atom is -0.387 e.